The van der Waals surface area contributed by atoms with Crippen LogP contribution in [0.15, 0.2) is 18.2 Å². The van der Waals surface area contributed by atoms with Gasteiger partial charge in [0.05, 0.1) is 5.69 Å². The summed E-state index contributed by atoms with van der Waals surface area (Å²) in [6, 6.07) is 5.89. The van der Waals surface area contributed by atoms with Crippen molar-refractivity contribution in [3.8, 4) is 0 Å². The molecule has 0 radical (unpaired) electrons. The van der Waals surface area contributed by atoms with Crippen molar-refractivity contribution in [3.05, 3.63) is 27.3 Å². The first-order valence-corrected chi connectivity index (χ1v) is 4.95. The minimum absolute atomic E-state index is 0.534. The Morgan fingerprint density at radius 2 is 2.25 bits per heavy atom. The lowest BCUT2D eigenvalue weighted by atomic mass is 10.2. The number of alkyl halides is 1. The quantitative estimate of drug-likeness (QED) is 0.345. The van der Waals surface area contributed by atoms with Gasteiger partial charge in [-0.15, -0.1) is 11.6 Å². The molecule has 0 saturated heterocycles. The predicted molar refractivity (Wildman–Crippen MR) is 59.7 cm³/mol. The van der Waals surface area contributed by atoms with Crippen LogP contribution in [0.1, 0.15) is 5.56 Å². The van der Waals surface area contributed by atoms with Gasteiger partial charge in [-0.3, -0.25) is 5.84 Å². The summed E-state index contributed by atoms with van der Waals surface area (Å²) in [6.07, 6.45) is 0. The zero-order valence-corrected chi connectivity index (χ0v) is 9.19. The number of nitrogens with two attached hydrogens (primary N) is 1. The maximum absolute atomic E-state index is 5.66. The molecular formula is C7H9ClIN3. The van der Waals surface area contributed by atoms with Gasteiger partial charge in [0.25, 0.3) is 0 Å². The Morgan fingerprint density at radius 1 is 1.50 bits per heavy atom. The van der Waals surface area contributed by atoms with Gasteiger partial charge in [0, 0.05) is 9.45 Å². The van der Waals surface area contributed by atoms with Gasteiger partial charge in [-0.1, -0.05) is 6.07 Å². The van der Waals surface area contributed by atoms with E-state index in [0.717, 1.165) is 14.8 Å². The first-order valence-electron chi connectivity index (χ1n) is 3.34. The summed E-state index contributed by atoms with van der Waals surface area (Å²) in [6.45, 7) is 0. The van der Waals surface area contributed by atoms with E-state index < -0.39 is 0 Å². The lowest BCUT2D eigenvalue weighted by molar-refractivity contribution is 0.874. The minimum Gasteiger partial charge on any atom is -0.307 e. The average Bonchev–Trinajstić information content (AvgIpc) is 2.09. The van der Waals surface area contributed by atoms with Gasteiger partial charge < -0.3 is 5.43 Å². The molecule has 0 amide bonds. The van der Waals surface area contributed by atoms with Crippen LogP contribution in [0, 0.1) is 3.57 Å². The standard InChI is InChI=1S/C7H9ClIN3/c8-4-5-1-2-7(11-12-10)6(9)3-5/h1-3,11-12H,4,10H2. The third-order valence-corrected chi connectivity index (χ3v) is 2.60. The van der Waals surface area contributed by atoms with Crippen molar-refractivity contribution in [2.45, 2.75) is 5.88 Å². The van der Waals surface area contributed by atoms with Crippen LogP contribution in [0.4, 0.5) is 5.69 Å². The second-order valence-corrected chi connectivity index (χ2v) is 3.65. The smallest absolute Gasteiger partial charge is 0.0634 e. The van der Waals surface area contributed by atoms with Crippen molar-refractivity contribution in [2.75, 3.05) is 5.43 Å². The summed E-state index contributed by atoms with van der Waals surface area (Å²) in [5.74, 6) is 5.64. The number of benzene rings is 1. The summed E-state index contributed by atoms with van der Waals surface area (Å²) < 4.78 is 1.09. The van der Waals surface area contributed by atoms with E-state index in [1.54, 1.807) is 0 Å². The Balaban J connectivity index is 2.87. The van der Waals surface area contributed by atoms with E-state index >= 15 is 0 Å². The molecule has 3 nitrogen and oxygen atoms in total. The second-order valence-electron chi connectivity index (χ2n) is 2.22. The van der Waals surface area contributed by atoms with Crippen molar-refractivity contribution < 1.29 is 0 Å². The Kier molecular flexibility index (Phi) is 4.07. The molecule has 0 unspecified atom stereocenters. The topological polar surface area (TPSA) is 50.1 Å². The fourth-order valence-electron chi connectivity index (χ4n) is 0.821. The van der Waals surface area contributed by atoms with E-state index in [0.29, 0.717) is 5.88 Å². The molecule has 66 valence electrons. The van der Waals surface area contributed by atoms with Gasteiger partial charge in [-0.2, -0.15) is 5.53 Å². The number of hydrazine groups is 2. The maximum atomic E-state index is 5.66. The molecule has 0 aliphatic heterocycles. The van der Waals surface area contributed by atoms with Crippen LogP contribution in [-0.4, -0.2) is 0 Å². The van der Waals surface area contributed by atoms with Crippen LogP contribution in [0.2, 0.25) is 0 Å². The average molecular weight is 298 g/mol. The highest BCUT2D eigenvalue weighted by molar-refractivity contribution is 14.1. The Hall–Kier alpha value is -0.0400. The zero-order chi connectivity index (χ0) is 8.97. The van der Waals surface area contributed by atoms with Crippen LogP contribution in [-0.2, 0) is 5.88 Å². The molecule has 0 saturated carbocycles. The highest BCUT2D eigenvalue weighted by atomic mass is 127. The third kappa shape index (κ3) is 2.48. The number of nitrogens with one attached hydrogen (secondary N) is 2. The maximum Gasteiger partial charge on any atom is 0.0634 e. The minimum atomic E-state index is 0.534. The molecule has 1 aromatic rings. The number of hydrogen-bond acceptors (Lipinski definition) is 3. The molecule has 0 aliphatic carbocycles. The van der Waals surface area contributed by atoms with Gasteiger partial charge in [-0.25, -0.2) is 0 Å². The van der Waals surface area contributed by atoms with Crippen molar-refractivity contribution >= 4 is 39.9 Å². The first kappa shape index (κ1) is 10.0. The highest BCUT2D eigenvalue weighted by Crippen LogP contribution is 2.19. The Bertz CT molecular complexity index is 267. The summed E-state index contributed by atoms with van der Waals surface area (Å²) in [4.78, 5) is 0. The molecule has 4 N–H and O–H groups in total. The predicted octanol–water partition coefficient (Wildman–Crippen LogP) is 1.82. The third-order valence-electron chi connectivity index (χ3n) is 1.39. The molecule has 0 bridgehead atoms. The molecular weight excluding hydrogens is 288 g/mol. The first-order chi connectivity index (χ1) is 5.77. The molecule has 0 atom stereocenters. The number of anilines is 1. The second kappa shape index (κ2) is 4.86. The van der Waals surface area contributed by atoms with E-state index in [9.17, 15) is 0 Å². The molecule has 1 rings (SSSR count). The fourth-order valence-corrected chi connectivity index (χ4v) is 1.70. The number of hydrogen-bond donors (Lipinski definition) is 3. The summed E-state index contributed by atoms with van der Waals surface area (Å²) in [5, 5.41) is 0. The summed E-state index contributed by atoms with van der Waals surface area (Å²) >= 11 is 7.88. The van der Waals surface area contributed by atoms with E-state index in [2.05, 4.69) is 33.6 Å². The van der Waals surface area contributed by atoms with Gasteiger partial charge >= 0.3 is 0 Å². The molecule has 12 heavy (non-hydrogen) atoms. The van der Waals surface area contributed by atoms with Gasteiger partial charge in [0.1, 0.15) is 0 Å². The Labute approximate surface area is 89.7 Å². The van der Waals surface area contributed by atoms with Gasteiger partial charge in [0.2, 0.25) is 0 Å². The van der Waals surface area contributed by atoms with Gasteiger partial charge in [-0.05, 0) is 40.3 Å². The van der Waals surface area contributed by atoms with Crippen LogP contribution < -0.4 is 16.8 Å². The fraction of sp³-hybridized carbons (Fsp3) is 0.143. The number of rotatable bonds is 3. The molecule has 5 heteroatoms. The molecule has 0 fully saturated rings. The Morgan fingerprint density at radius 3 is 2.75 bits per heavy atom. The largest absolute Gasteiger partial charge is 0.307 e. The lowest BCUT2D eigenvalue weighted by Crippen LogP contribution is -2.29. The van der Waals surface area contributed by atoms with E-state index in [1.807, 2.05) is 18.2 Å². The summed E-state index contributed by atoms with van der Waals surface area (Å²) in [7, 11) is 0. The van der Waals surface area contributed by atoms with Crippen LogP contribution in [0.25, 0.3) is 0 Å². The van der Waals surface area contributed by atoms with E-state index in [4.69, 9.17) is 17.4 Å². The van der Waals surface area contributed by atoms with Crippen molar-refractivity contribution in [1.82, 2.24) is 5.53 Å². The van der Waals surface area contributed by atoms with Crippen LogP contribution in [0.3, 0.4) is 0 Å². The molecule has 1 aromatic carbocycles. The van der Waals surface area contributed by atoms with E-state index in [1.165, 1.54) is 0 Å². The number of halogens is 2. The van der Waals surface area contributed by atoms with E-state index in [-0.39, 0.29) is 0 Å². The SMILES string of the molecule is NNNc1ccc(CCl)cc1I. The normalized spacial score (nSPS) is 9.92. The van der Waals surface area contributed by atoms with Crippen LogP contribution in [0.5, 0.6) is 0 Å². The zero-order valence-electron chi connectivity index (χ0n) is 6.27. The van der Waals surface area contributed by atoms with Crippen LogP contribution >= 0.6 is 34.2 Å². The molecule has 0 heterocycles. The van der Waals surface area contributed by atoms with Crippen molar-refractivity contribution in [1.29, 1.82) is 0 Å². The molecule has 0 spiro atoms. The highest BCUT2D eigenvalue weighted by Gasteiger charge is 1.98. The lowest BCUT2D eigenvalue weighted by Gasteiger charge is -2.06. The summed E-state index contributed by atoms with van der Waals surface area (Å²) in [5.41, 5.74) is 7.23. The molecule has 0 aromatic heterocycles. The van der Waals surface area contributed by atoms with Crippen molar-refractivity contribution in [3.63, 3.8) is 0 Å². The molecule has 0 aliphatic rings. The van der Waals surface area contributed by atoms with Crippen molar-refractivity contribution in [2.24, 2.45) is 5.84 Å². The van der Waals surface area contributed by atoms with Gasteiger partial charge in [0.15, 0.2) is 0 Å². The monoisotopic (exact) mass is 297 g/mol.